The maximum Gasteiger partial charge on any atom is 0.265 e. The van der Waals surface area contributed by atoms with E-state index in [4.69, 9.17) is 14.2 Å². The summed E-state index contributed by atoms with van der Waals surface area (Å²) < 4.78 is 44.7. The summed E-state index contributed by atoms with van der Waals surface area (Å²) in [7, 11) is -3.98. The van der Waals surface area contributed by atoms with Gasteiger partial charge < -0.3 is 24.8 Å². The van der Waals surface area contributed by atoms with Crippen LogP contribution >= 0.6 is 0 Å². The van der Waals surface area contributed by atoms with Crippen LogP contribution in [0.25, 0.3) is 0 Å². The minimum Gasteiger partial charge on any atom is -0.479 e. The standard InChI is InChI=1S/C23H25N3O7S/c1-13-8-16-19(33-14(2)22(27)25-16)10-21(13)34(29,30)26-7-3-4-17(26)23(28)24-11-15-5-6-18-20(9-15)32-12-31-18/h5-6,8-10,14,17H,3-4,7,11-12H2,1-2H3,(H,24,28)(H,25,27). The van der Waals surface area contributed by atoms with Crippen molar-refractivity contribution in [1.82, 2.24) is 9.62 Å². The van der Waals surface area contributed by atoms with E-state index in [2.05, 4.69) is 10.6 Å². The van der Waals surface area contributed by atoms with E-state index in [-0.39, 0.29) is 36.6 Å². The fraction of sp³-hybridized carbons (Fsp3) is 0.391. The van der Waals surface area contributed by atoms with Crippen LogP contribution < -0.4 is 24.8 Å². The van der Waals surface area contributed by atoms with E-state index >= 15 is 0 Å². The third-order valence-electron chi connectivity index (χ3n) is 6.20. The van der Waals surface area contributed by atoms with Crippen LogP contribution in [0.3, 0.4) is 0 Å². The van der Waals surface area contributed by atoms with Gasteiger partial charge in [-0.15, -0.1) is 0 Å². The van der Waals surface area contributed by atoms with Crippen molar-refractivity contribution < 1.29 is 32.2 Å². The van der Waals surface area contributed by atoms with Crippen molar-refractivity contribution in [2.24, 2.45) is 0 Å². The number of fused-ring (bicyclic) bond motifs is 2. The Morgan fingerprint density at radius 1 is 1.18 bits per heavy atom. The van der Waals surface area contributed by atoms with E-state index in [0.29, 0.717) is 41.3 Å². The number of nitrogens with zero attached hydrogens (tertiary/aromatic N) is 1. The molecule has 0 bridgehead atoms. The number of hydrogen-bond acceptors (Lipinski definition) is 7. The van der Waals surface area contributed by atoms with E-state index in [0.717, 1.165) is 5.56 Å². The molecule has 0 saturated carbocycles. The molecule has 3 aliphatic rings. The van der Waals surface area contributed by atoms with Gasteiger partial charge in [0, 0.05) is 19.2 Å². The average molecular weight is 488 g/mol. The first-order chi connectivity index (χ1) is 16.2. The molecule has 2 aromatic carbocycles. The predicted octanol–water partition coefficient (Wildman–Crippen LogP) is 1.91. The first kappa shape index (κ1) is 22.5. The molecule has 1 saturated heterocycles. The number of rotatable bonds is 5. The fourth-order valence-electron chi connectivity index (χ4n) is 4.39. The van der Waals surface area contributed by atoms with Crippen LogP contribution in [0.2, 0.25) is 0 Å². The van der Waals surface area contributed by atoms with Crippen LogP contribution in [0.1, 0.15) is 30.9 Å². The summed E-state index contributed by atoms with van der Waals surface area (Å²) in [5.41, 5.74) is 1.71. The SMILES string of the molecule is Cc1cc2c(cc1S(=O)(=O)N1CCCC1C(=O)NCc1ccc3c(c1)OCO3)OC(C)C(=O)N2. The molecule has 10 nitrogen and oxygen atoms in total. The van der Waals surface area contributed by atoms with Crippen LogP contribution in [-0.4, -0.2) is 50.0 Å². The molecular formula is C23H25N3O7S. The fourth-order valence-corrected chi connectivity index (χ4v) is 6.27. The second kappa shape index (κ2) is 8.48. The van der Waals surface area contributed by atoms with Gasteiger partial charge in [0.15, 0.2) is 17.6 Å². The van der Waals surface area contributed by atoms with E-state index in [1.165, 1.54) is 10.4 Å². The molecule has 0 radical (unpaired) electrons. The molecule has 0 aliphatic carbocycles. The summed E-state index contributed by atoms with van der Waals surface area (Å²) in [6.07, 6.45) is 0.279. The molecule has 0 aromatic heterocycles. The normalized spacial score (nSPS) is 21.5. The van der Waals surface area contributed by atoms with Crippen molar-refractivity contribution in [3.8, 4) is 17.2 Å². The Balaban J connectivity index is 1.34. The van der Waals surface area contributed by atoms with E-state index in [9.17, 15) is 18.0 Å². The molecular weight excluding hydrogens is 462 g/mol. The van der Waals surface area contributed by atoms with Crippen molar-refractivity contribution >= 4 is 27.5 Å². The quantitative estimate of drug-likeness (QED) is 0.660. The summed E-state index contributed by atoms with van der Waals surface area (Å²) in [5.74, 6) is 0.918. The summed E-state index contributed by atoms with van der Waals surface area (Å²) >= 11 is 0. The van der Waals surface area contributed by atoms with Crippen molar-refractivity contribution in [3.05, 3.63) is 41.5 Å². The third kappa shape index (κ3) is 3.94. The minimum absolute atomic E-state index is 0.0602. The summed E-state index contributed by atoms with van der Waals surface area (Å²) in [6.45, 7) is 3.89. The summed E-state index contributed by atoms with van der Waals surface area (Å²) in [5, 5.41) is 5.57. The number of benzene rings is 2. The van der Waals surface area contributed by atoms with Crippen LogP contribution in [0.4, 0.5) is 5.69 Å². The zero-order valence-electron chi connectivity index (χ0n) is 18.8. The van der Waals surface area contributed by atoms with Crippen molar-refractivity contribution in [1.29, 1.82) is 0 Å². The molecule has 2 aromatic rings. The van der Waals surface area contributed by atoms with Crippen LogP contribution in [0.15, 0.2) is 35.2 Å². The second-order valence-electron chi connectivity index (χ2n) is 8.54. The molecule has 34 heavy (non-hydrogen) atoms. The zero-order valence-corrected chi connectivity index (χ0v) is 19.6. The molecule has 2 amide bonds. The Morgan fingerprint density at radius 3 is 2.79 bits per heavy atom. The highest BCUT2D eigenvalue weighted by molar-refractivity contribution is 7.89. The number of ether oxygens (including phenoxy) is 3. The van der Waals surface area contributed by atoms with Crippen LogP contribution in [0, 0.1) is 6.92 Å². The largest absolute Gasteiger partial charge is 0.479 e. The van der Waals surface area contributed by atoms with Gasteiger partial charge in [0.25, 0.3) is 5.91 Å². The Labute approximate surface area is 197 Å². The molecule has 2 atom stereocenters. The number of nitrogens with one attached hydrogen (secondary N) is 2. The lowest BCUT2D eigenvalue weighted by atomic mass is 10.1. The van der Waals surface area contributed by atoms with E-state index in [1.54, 1.807) is 32.0 Å². The number of carbonyl (C=O) groups excluding carboxylic acids is 2. The van der Waals surface area contributed by atoms with Crippen molar-refractivity contribution in [2.45, 2.75) is 50.3 Å². The highest BCUT2D eigenvalue weighted by atomic mass is 32.2. The lowest BCUT2D eigenvalue weighted by Gasteiger charge is -2.27. The number of hydrogen-bond donors (Lipinski definition) is 2. The third-order valence-corrected chi connectivity index (χ3v) is 8.25. The summed E-state index contributed by atoms with van der Waals surface area (Å²) in [4.78, 5) is 24.9. The smallest absolute Gasteiger partial charge is 0.265 e. The number of sulfonamides is 1. The van der Waals surface area contributed by atoms with Gasteiger partial charge in [-0.2, -0.15) is 4.31 Å². The van der Waals surface area contributed by atoms with Crippen LogP contribution in [-0.2, 0) is 26.2 Å². The second-order valence-corrected chi connectivity index (χ2v) is 10.4. The van der Waals surface area contributed by atoms with Crippen molar-refractivity contribution in [2.75, 3.05) is 18.7 Å². The molecule has 11 heteroatoms. The molecule has 5 rings (SSSR count). The first-order valence-corrected chi connectivity index (χ1v) is 12.5. The molecule has 1 fully saturated rings. The Hall–Kier alpha value is -3.31. The monoisotopic (exact) mass is 487 g/mol. The number of carbonyl (C=O) groups is 2. The molecule has 2 N–H and O–H groups in total. The van der Waals surface area contributed by atoms with Gasteiger partial charge in [0.2, 0.25) is 22.7 Å². The number of aryl methyl sites for hydroxylation is 1. The van der Waals surface area contributed by atoms with Gasteiger partial charge in [-0.3, -0.25) is 9.59 Å². The van der Waals surface area contributed by atoms with Crippen LogP contribution in [0.5, 0.6) is 17.2 Å². The highest BCUT2D eigenvalue weighted by Crippen LogP contribution is 2.37. The lowest BCUT2D eigenvalue weighted by molar-refractivity contribution is -0.124. The molecule has 3 aliphatic heterocycles. The van der Waals surface area contributed by atoms with Gasteiger partial charge in [0.1, 0.15) is 11.8 Å². The molecule has 0 spiro atoms. The van der Waals surface area contributed by atoms with Gasteiger partial charge in [-0.1, -0.05) is 6.07 Å². The van der Waals surface area contributed by atoms with Gasteiger partial charge in [-0.05, 0) is 56.0 Å². The van der Waals surface area contributed by atoms with Crippen molar-refractivity contribution in [3.63, 3.8) is 0 Å². The Morgan fingerprint density at radius 2 is 1.97 bits per heavy atom. The average Bonchev–Trinajstić information content (AvgIpc) is 3.48. The minimum atomic E-state index is -3.98. The first-order valence-electron chi connectivity index (χ1n) is 11.0. The van der Waals surface area contributed by atoms with Gasteiger partial charge in [0.05, 0.1) is 10.6 Å². The molecule has 3 heterocycles. The Kier molecular flexibility index (Phi) is 5.61. The number of amides is 2. The lowest BCUT2D eigenvalue weighted by Crippen LogP contribution is -2.45. The molecule has 180 valence electrons. The molecule has 2 unspecified atom stereocenters. The van der Waals surface area contributed by atoms with Gasteiger partial charge >= 0.3 is 0 Å². The Bertz CT molecular complexity index is 1280. The zero-order chi connectivity index (χ0) is 24.0. The predicted molar refractivity (Wildman–Crippen MR) is 121 cm³/mol. The topological polar surface area (TPSA) is 123 Å². The maximum absolute atomic E-state index is 13.6. The van der Waals surface area contributed by atoms with E-state index in [1.807, 2.05) is 6.07 Å². The maximum atomic E-state index is 13.6. The van der Waals surface area contributed by atoms with E-state index < -0.39 is 22.2 Å². The highest BCUT2D eigenvalue weighted by Gasteiger charge is 2.40. The number of anilines is 1. The summed E-state index contributed by atoms with van der Waals surface area (Å²) in [6, 6.07) is 7.59. The van der Waals surface area contributed by atoms with Gasteiger partial charge in [-0.25, -0.2) is 8.42 Å².